The molecule has 34 heavy (non-hydrogen) atoms. The molecule has 10 heteroatoms. The minimum atomic E-state index is -3.76. The molecule has 3 N–H and O–H groups in total. The van der Waals surface area contributed by atoms with Gasteiger partial charge in [0.1, 0.15) is 0 Å². The zero-order valence-corrected chi connectivity index (χ0v) is 19.9. The van der Waals surface area contributed by atoms with Crippen molar-refractivity contribution in [3.63, 3.8) is 0 Å². The first-order valence-electron chi connectivity index (χ1n) is 10.3. The van der Waals surface area contributed by atoms with E-state index in [1.54, 1.807) is 34.9 Å². The lowest BCUT2D eigenvalue weighted by atomic mass is 10.2. The summed E-state index contributed by atoms with van der Waals surface area (Å²) in [7, 11) is -3.76. The van der Waals surface area contributed by atoms with Gasteiger partial charge in [-0.15, -0.1) is 0 Å². The predicted molar refractivity (Wildman–Crippen MR) is 132 cm³/mol. The van der Waals surface area contributed by atoms with Crippen LogP contribution in [0.5, 0.6) is 0 Å². The zero-order chi connectivity index (χ0) is 24.3. The lowest BCUT2D eigenvalue weighted by Gasteiger charge is -2.15. The van der Waals surface area contributed by atoms with Gasteiger partial charge in [0.15, 0.2) is 5.16 Å². The average molecular weight is 495 g/mol. The van der Waals surface area contributed by atoms with E-state index in [0.29, 0.717) is 21.7 Å². The van der Waals surface area contributed by atoms with Crippen LogP contribution in [0.1, 0.15) is 11.1 Å². The summed E-state index contributed by atoms with van der Waals surface area (Å²) < 4.78 is 24.3. The highest BCUT2D eigenvalue weighted by molar-refractivity contribution is 7.99. The number of rotatable bonds is 7. The second kappa shape index (κ2) is 9.80. The second-order valence-corrected chi connectivity index (χ2v) is 10.1. The van der Waals surface area contributed by atoms with Gasteiger partial charge < -0.3 is 5.32 Å². The first kappa shape index (κ1) is 23.7. The highest BCUT2D eigenvalue weighted by atomic mass is 32.2. The van der Waals surface area contributed by atoms with Crippen molar-refractivity contribution in [1.29, 1.82) is 0 Å². The number of carbonyl (C=O) groups excluding carboxylic acids is 1. The van der Waals surface area contributed by atoms with Gasteiger partial charge in [-0.05, 0) is 48.4 Å². The summed E-state index contributed by atoms with van der Waals surface area (Å²) in [5.74, 6) is -0.203. The molecule has 1 aromatic heterocycles. The summed E-state index contributed by atoms with van der Waals surface area (Å²) in [5, 5.41) is 8.82. The van der Waals surface area contributed by atoms with Gasteiger partial charge in [0.2, 0.25) is 15.9 Å². The number of amides is 1. The number of carbonyl (C=O) groups is 1. The Hall–Kier alpha value is -3.47. The molecule has 0 saturated carbocycles. The Bertz CT molecular complexity index is 1530. The Kier molecular flexibility index (Phi) is 6.82. The second-order valence-electron chi connectivity index (χ2n) is 7.59. The maximum Gasteiger partial charge on any atom is 0.266 e. The van der Waals surface area contributed by atoms with Gasteiger partial charge in [-0.1, -0.05) is 54.2 Å². The molecule has 174 valence electrons. The normalized spacial score (nSPS) is 11.5. The molecule has 1 amide bonds. The summed E-state index contributed by atoms with van der Waals surface area (Å²) in [6.45, 7) is 2.14. The number of nitrogens with one attached hydrogen (secondary N) is 1. The quantitative estimate of drug-likeness (QED) is 0.301. The van der Waals surface area contributed by atoms with E-state index in [1.165, 1.54) is 23.9 Å². The van der Waals surface area contributed by atoms with E-state index in [4.69, 9.17) is 5.14 Å². The third-order valence-corrected chi connectivity index (χ3v) is 7.04. The van der Waals surface area contributed by atoms with Gasteiger partial charge in [-0.3, -0.25) is 14.2 Å². The highest BCUT2D eigenvalue weighted by Crippen LogP contribution is 2.23. The van der Waals surface area contributed by atoms with Crippen LogP contribution >= 0.6 is 11.8 Å². The van der Waals surface area contributed by atoms with Crippen molar-refractivity contribution < 1.29 is 13.2 Å². The lowest BCUT2D eigenvalue weighted by Crippen LogP contribution is -2.26. The summed E-state index contributed by atoms with van der Waals surface area (Å²) in [4.78, 5) is 30.5. The molecule has 0 unspecified atom stereocenters. The highest BCUT2D eigenvalue weighted by Gasteiger charge is 2.16. The van der Waals surface area contributed by atoms with Crippen LogP contribution in [0.15, 0.2) is 87.6 Å². The fraction of sp³-hybridized carbons (Fsp3) is 0.125. The molecule has 0 saturated heterocycles. The maximum absolute atomic E-state index is 13.3. The molecule has 0 fully saturated rings. The number of thioether (sulfide) groups is 1. The molecule has 8 nitrogen and oxygen atoms in total. The van der Waals surface area contributed by atoms with Gasteiger partial charge in [-0.25, -0.2) is 18.5 Å². The number of hydrogen-bond acceptors (Lipinski definition) is 6. The Morgan fingerprint density at radius 2 is 1.71 bits per heavy atom. The van der Waals surface area contributed by atoms with Crippen LogP contribution in [0.4, 0.5) is 0 Å². The number of hydrogen-bond donors (Lipinski definition) is 2. The van der Waals surface area contributed by atoms with Gasteiger partial charge >= 0.3 is 0 Å². The SMILES string of the molecule is Cc1ccccc1-n1c(SCC(=O)NCc2ccc(S(N)(=O)=O)cc2)nc2ccccc2c1=O. The van der Waals surface area contributed by atoms with E-state index < -0.39 is 10.0 Å². The number of sulfonamides is 1. The van der Waals surface area contributed by atoms with Gasteiger partial charge in [0.05, 0.1) is 27.2 Å². The first-order valence-corrected chi connectivity index (χ1v) is 12.9. The Balaban J connectivity index is 1.54. The van der Waals surface area contributed by atoms with Crippen LogP contribution in [0, 0.1) is 6.92 Å². The standard InChI is InChI=1S/C24H22N4O4S2/c1-16-6-2-5-9-21(16)28-23(30)19-7-3-4-8-20(19)27-24(28)33-15-22(29)26-14-17-10-12-18(13-11-17)34(25,31)32/h2-13H,14-15H2,1H3,(H,26,29)(H2,25,31,32). The molecule has 0 atom stereocenters. The first-order chi connectivity index (χ1) is 16.2. The molecule has 0 aliphatic heterocycles. The number of primary sulfonamides is 1. The lowest BCUT2D eigenvalue weighted by molar-refractivity contribution is -0.118. The van der Waals surface area contributed by atoms with Gasteiger partial charge in [-0.2, -0.15) is 0 Å². The van der Waals surface area contributed by atoms with E-state index in [0.717, 1.165) is 11.1 Å². The Morgan fingerprint density at radius 1 is 1.03 bits per heavy atom. The number of fused-ring (bicyclic) bond motifs is 1. The molecule has 0 bridgehead atoms. The summed E-state index contributed by atoms with van der Waals surface area (Å²) in [6.07, 6.45) is 0. The van der Waals surface area contributed by atoms with Crippen LogP contribution in [0.3, 0.4) is 0 Å². The molecule has 0 aliphatic carbocycles. The van der Waals surface area contributed by atoms with Crippen LogP contribution < -0.4 is 16.0 Å². The predicted octanol–water partition coefficient (Wildman–Crippen LogP) is 2.75. The zero-order valence-electron chi connectivity index (χ0n) is 18.3. The third-order valence-electron chi connectivity index (χ3n) is 5.18. The van der Waals surface area contributed by atoms with Crippen molar-refractivity contribution in [2.75, 3.05) is 5.75 Å². The summed E-state index contributed by atoms with van der Waals surface area (Å²) >= 11 is 1.17. The van der Waals surface area contributed by atoms with E-state index in [9.17, 15) is 18.0 Å². The molecule has 0 aliphatic rings. The number of aryl methyl sites for hydroxylation is 1. The minimum absolute atomic E-state index is 0.00897. The summed E-state index contributed by atoms with van der Waals surface area (Å²) in [6, 6.07) is 20.6. The molecular formula is C24H22N4O4S2. The smallest absolute Gasteiger partial charge is 0.266 e. The molecule has 3 aromatic carbocycles. The number of aromatic nitrogens is 2. The van der Waals surface area contributed by atoms with Crippen LogP contribution in [0.2, 0.25) is 0 Å². The molecular weight excluding hydrogens is 472 g/mol. The molecule has 0 spiro atoms. The van der Waals surface area contributed by atoms with E-state index in [2.05, 4.69) is 10.3 Å². The van der Waals surface area contributed by atoms with Crippen molar-refractivity contribution in [2.45, 2.75) is 23.5 Å². The van der Waals surface area contributed by atoms with Crippen molar-refractivity contribution >= 4 is 38.6 Å². The molecule has 4 rings (SSSR count). The third kappa shape index (κ3) is 5.19. The average Bonchev–Trinajstić information content (AvgIpc) is 2.82. The van der Waals surface area contributed by atoms with Crippen LogP contribution in [-0.4, -0.2) is 29.6 Å². The van der Waals surface area contributed by atoms with Crippen LogP contribution in [-0.2, 0) is 21.4 Å². The topological polar surface area (TPSA) is 124 Å². The molecule has 4 aromatic rings. The minimum Gasteiger partial charge on any atom is -0.351 e. The molecule has 1 heterocycles. The summed E-state index contributed by atoms with van der Waals surface area (Å²) in [5.41, 5.74) is 2.72. The van der Waals surface area contributed by atoms with Crippen molar-refractivity contribution in [3.05, 3.63) is 94.3 Å². The van der Waals surface area contributed by atoms with Crippen molar-refractivity contribution in [3.8, 4) is 5.69 Å². The largest absolute Gasteiger partial charge is 0.351 e. The fourth-order valence-electron chi connectivity index (χ4n) is 3.41. The number of benzene rings is 3. The van der Waals surface area contributed by atoms with Gasteiger partial charge in [0.25, 0.3) is 5.56 Å². The monoisotopic (exact) mass is 494 g/mol. The van der Waals surface area contributed by atoms with E-state index in [1.807, 2.05) is 37.3 Å². The van der Waals surface area contributed by atoms with E-state index >= 15 is 0 Å². The van der Waals surface area contributed by atoms with Crippen molar-refractivity contribution in [2.24, 2.45) is 5.14 Å². The van der Waals surface area contributed by atoms with Crippen LogP contribution in [0.25, 0.3) is 16.6 Å². The van der Waals surface area contributed by atoms with Crippen molar-refractivity contribution in [1.82, 2.24) is 14.9 Å². The molecule has 0 radical (unpaired) electrons. The Morgan fingerprint density at radius 3 is 2.41 bits per heavy atom. The fourth-order valence-corrected chi connectivity index (χ4v) is 4.77. The van der Waals surface area contributed by atoms with Gasteiger partial charge in [0, 0.05) is 6.54 Å². The number of para-hydroxylation sites is 2. The number of nitrogens with two attached hydrogens (primary N) is 1. The maximum atomic E-state index is 13.3. The Labute approximate surface area is 200 Å². The van der Waals surface area contributed by atoms with E-state index in [-0.39, 0.29) is 28.7 Å². The number of nitrogens with zero attached hydrogens (tertiary/aromatic N) is 2.